The van der Waals surface area contributed by atoms with Crippen LogP contribution in [-0.2, 0) is 14.4 Å². The van der Waals surface area contributed by atoms with Crippen LogP contribution in [0.3, 0.4) is 0 Å². The van der Waals surface area contributed by atoms with E-state index in [9.17, 15) is 23.2 Å². The second-order valence-corrected chi connectivity index (χ2v) is 8.84. The molecule has 31 heavy (non-hydrogen) atoms. The summed E-state index contributed by atoms with van der Waals surface area (Å²) in [5, 5.41) is 2.99. The first-order valence-electron chi connectivity index (χ1n) is 10.0. The summed E-state index contributed by atoms with van der Waals surface area (Å²) < 4.78 is 28.9. The van der Waals surface area contributed by atoms with Gasteiger partial charge in [-0.25, -0.2) is 4.98 Å². The number of carbonyl (C=O) groups is 3. The van der Waals surface area contributed by atoms with Crippen molar-refractivity contribution < 1.29 is 27.9 Å². The lowest BCUT2D eigenvalue weighted by Crippen LogP contribution is -2.38. The Bertz CT molecular complexity index is 985. The zero-order valence-electron chi connectivity index (χ0n) is 16.8. The normalized spacial score (nSPS) is 20.8. The summed E-state index contributed by atoms with van der Waals surface area (Å²) in [6.07, 6.45) is 3.25. The van der Waals surface area contributed by atoms with Gasteiger partial charge in [-0.1, -0.05) is 12.8 Å². The highest BCUT2D eigenvalue weighted by Crippen LogP contribution is 2.38. The van der Waals surface area contributed by atoms with Crippen LogP contribution in [-0.4, -0.2) is 40.8 Å². The van der Waals surface area contributed by atoms with Crippen LogP contribution in [0.15, 0.2) is 24.3 Å². The average molecular weight is 449 g/mol. The van der Waals surface area contributed by atoms with Gasteiger partial charge >= 0.3 is 6.61 Å². The fourth-order valence-corrected chi connectivity index (χ4v) is 5.05. The van der Waals surface area contributed by atoms with Crippen LogP contribution in [0.5, 0.6) is 5.75 Å². The summed E-state index contributed by atoms with van der Waals surface area (Å²) in [5.74, 6) is -1.54. The molecule has 2 heterocycles. The number of fused-ring (bicyclic) bond motifs is 1. The zero-order chi connectivity index (χ0) is 22.1. The first kappa shape index (κ1) is 21.4. The van der Waals surface area contributed by atoms with E-state index in [1.807, 2.05) is 6.92 Å². The molecule has 164 valence electrons. The Morgan fingerprint density at radius 2 is 1.81 bits per heavy atom. The molecule has 1 saturated heterocycles. The van der Waals surface area contributed by atoms with Crippen LogP contribution in [0, 0.1) is 18.8 Å². The summed E-state index contributed by atoms with van der Waals surface area (Å²) in [6.45, 7) is -1.39. The number of nitrogens with zero attached hydrogens (tertiary/aromatic N) is 2. The lowest BCUT2D eigenvalue weighted by atomic mass is 9.81. The van der Waals surface area contributed by atoms with Gasteiger partial charge in [0, 0.05) is 10.4 Å². The van der Waals surface area contributed by atoms with E-state index in [4.69, 9.17) is 0 Å². The Morgan fingerprint density at radius 1 is 1.19 bits per heavy atom. The van der Waals surface area contributed by atoms with Crippen LogP contribution in [0.25, 0.3) is 11.3 Å². The third kappa shape index (κ3) is 4.43. The average Bonchev–Trinajstić information content (AvgIpc) is 3.21. The predicted octanol–water partition coefficient (Wildman–Crippen LogP) is 3.83. The highest BCUT2D eigenvalue weighted by atomic mass is 32.1. The molecule has 7 nitrogen and oxygen atoms in total. The second kappa shape index (κ2) is 8.70. The van der Waals surface area contributed by atoms with Gasteiger partial charge in [-0.3, -0.25) is 19.3 Å². The van der Waals surface area contributed by atoms with E-state index in [0.717, 1.165) is 22.6 Å². The van der Waals surface area contributed by atoms with Crippen molar-refractivity contribution in [1.82, 2.24) is 9.88 Å². The van der Waals surface area contributed by atoms with Crippen LogP contribution >= 0.6 is 11.3 Å². The fourth-order valence-electron chi connectivity index (χ4n) is 4.20. The fraction of sp³-hybridized carbons (Fsp3) is 0.429. The van der Waals surface area contributed by atoms with Crippen molar-refractivity contribution in [3.05, 3.63) is 29.1 Å². The molecule has 2 aliphatic rings. The van der Waals surface area contributed by atoms with Gasteiger partial charge in [0.25, 0.3) is 0 Å². The highest BCUT2D eigenvalue weighted by molar-refractivity contribution is 7.16. The Hall–Kier alpha value is -2.88. The molecule has 1 aromatic carbocycles. The van der Waals surface area contributed by atoms with Gasteiger partial charge in [-0.2, -0.15) is 8.78 Å². The number of aromatic nitrogens is 1. The van der Waals surface area contributed by atoms with Gasteiger partial charge < -0.3 is 10.1 Å². The maximum atomic E-state index is 12.5. The summed E-state index contributed by atoms with van der Waals surface area (Å²) in [6, 6.07) is 6.05. The van der Waals surface area contributed by atoms with E-state index in [2.05, 4.69) is 15.0 Å². The number of hydrogen-bond donors (Lipinski definition) is 1. The zero-order valence-corrected chi connectivity index (χ0v) is 17.6. The molecule has 2 atom stereocenters. The number of halogens is 2. The Labute approximate surface area is 181 Å². The third-order valence-corrected chi connectivity index (χ3v) is 6.52. The number of hydrogen-bond acceptors (Lipinski definition) is 6. The van der Waals surface area contributed by atoms with Gasteiger partial charge in [-0.05, 0) is 44.0 Å². The maximum Gasteiger partial charge on any atom is 0.387 e. The first-order valence-corrected chi connectivity index (χ1v) is 10.8. The number of ether oxygens (including phenoxy) is 1. The van der Waals surface area contributed by atoms with Crippen LogP contribution in [0.1, 0.15) is 30.6 Å². The van der Waals surface area contributed by atoms with Crippen LogP contribution < -0.4 is 10.1 Å². The number of rotatable bonds is 6. The topological polar surface area (TPSA) is 88.6 Å². The molecule has 0 bridgehead atoms. The van der Waals surface area contributed by atoms with E-state index in [1.54, 1.807) is 12.1 Å². The van der Waals surface area contributed by atoms with Crippen molar-refractivity contribution in [3.8, 4) is 17.0 Å². The SMILES string of the molecule is Cc1sc(NC(=O)CN2C(=O)C3CCCCC3C2=O)nc1-c1ccc(OC(F)F)cc1. The van der Waals surface area contributed by atoms with Gasteiger partial charge in [-0.15, -0.1) is 11.3 Å². The number of amides is 3. The number of carbonyl (C=O) groups excluding carboxylic acids is 3. The predicted molar refractivity (Wildman–Crippen MR) is 110 cm³/mol. The van der Waals surface area contributed by atoms with Crippen molar-refractivity contribution in [2.24, 2.45) is 11.8 Å². The smallest absolute Gasteiger partial charge is 0.387 e. The molecule has 0 spiro atoms. The van der Waals surface area contributed by atoms with Crippen molar-refractivity contribution in [1.29, 1.82) is 0 Å². The van der Waals surface area contributed by atoms with E-state index in [0.29, 0.717) is 29.2 Å². The molecule has 1 aliphatic carbocycles. The van der Waals surface area contributed by atoms with Crippen molar-refractivity contribution in [2.75, 3.05) is 11.9 Å². The van der Waals surface area contributed by atoms with Gasteiger partial charge in [0.15, 0.2) is 5.13 Å². The molecule has 4 rings (SSSR count). The number of aryl methyl sites for hydroxylation is 1. The molecule has 1 aromatic heterocycles. The molecule has 10 heteroatoms. The largest absolute Gasteiger partial charge is 0.435 e. The number of thiazole rings is 1. The third-order valence-electron chi connectivity index (χ3n) is 5.63. The Kier molecular flexibility index (Phi) is 5.99. The lowest BCUT2D eigenvalue weighted by Gasteiger charge is -2.19. The van der Waals surface area contributed by atoms with Gasteiger partial charge in [0.1, 0.15) is 12.3 Å². The number of imide groups is 1. The van der Waals surface area contributed by atoms with Crippen LogP contribution in [0.2, 0.25) is 0 Å². The van der Waals surface area contributed by atoms with Crippen molar-refractivity contribution in [3.63, 3.8) is 0 Å². The standard InChI is InChI=1S/C21H21F2N3O4S/c1-11-17(12-6-8-13(9-7-12)30-20(22)23)25-21(31-11)24-16(27)10-26-18(28)14-4-2-3-5-15(14)19(26)29/h6-9,14-15,20H,2-5,10H2,1H3,(H,24,25,27). The number of benzene rings is 1. The van der Waals surface area contributed by atoms with Crippen molar-refractivity contribution >= 4 is 34.2 Å². The molecule has 3 amide bonds. The van der Waals surface area contributed by atoms with Crippen LogP contribution in [0.4, 0.5) is 13.9 Å². The van der Waals surface area contributed by atoms with Crippen molar-refractivity contribution in [2.45, 2.75) is 39.2 Å². The summed E-state index contributed by atoms with van der Waals surface area (Å²) in [5.41, 5.74) is 1.29. The molecule has 2 aromatic rings. The highest BCUT2D eigenvalue weighted by Gasteiger charge is 2.48. The quantitative estimate of drug-likeness (QED) is 0.677. The Morgan fingerprint density at radius 3 is 2.39 bits per heavy atom. The van der Waals surface area contributed by atoms with E-state index >= 15 is 0 Å². The minimum atomic E-state index is -2.90. The molecule has 1 saturated carbocycles. The molecule has 2 fully saturated rings. The van der Waals surface area contributed by atoms with E-state index in [-0.39, 0.29) is 35.9 Å². The minimum Gasteiger partial charge on any atom is -0.435 e. The monoisotopic (exact) mass is 449 g/mol. The summed E-state index contributed by atoms with van der Waals surface area (Å²) in [4.78, 5) is 43.8. The molecule has 2 unspecified atom stereocenters. The maximum absolute atomic E-state index is 12.5. The van der Waals surface area contributed by atoms with E-state index < -0.39 is 12.5 Å². The second-order valence-electron chi connectivity index (χ2n) is 7.63. The van der Waals surface area contributed by atoms with Gasteiger partial charge in [0.05, 0.1) is 17.5 Å². The number of anilines is 1. The van der Waals surface area contributed by atoms with Gasteiger partial charge in [0.2, 0.25) is 17.7 Å². The number of alkyl halides is 2. The number of likely N-dealkylation sites (tertiary alicyclic amines) is 1. The van der Waals surface area contributed by atoms with E-state index in [1.165, 1.54) is 23.5 Å². The molecular weight excluding hydrogens is 428 g/mol. The molecular formula is C21H21F2N3O4S. The number of nitrogens with one attached hydrogen (secondary N) is 1. The lowest BCUT2D eigenvalue weighted by molar-refractivity contribution is -0.142. The summed E-state index contributed by atoms with van der Waals surface area (Å²) >= 11 is 1.25. The first-order chi connectivity index (χ1) is 14.8. The molecule has 1 N–H and O–H groups in total. The molecule has 0 radical (unpaired) electrons. The summed E-state index contributed by atoms with van der Waals surface area (Å²) in [7, 11) is 0. The minimum absolute atomic E-state index is 0.0423. The molecule has 1 aliphatic heterocycles. The Balaban J connectivity index is 1.41.